The van der Waals surface area contributed by atoms with Gasteiger partial charge in [-0.1, -0.05) is 12.1 Å². The molecule has 0 radical (unpaired) electrons. The summed E-state index contributed by atoms with van der Waals surface area (Å²) >= 11 is 0. The molecule has 0 atom stereocenters. The Morgan fingerprint density at radius 1 is 0.957 bits per heavy atom. The number of rotatable bonds is 5. The highest BCUT2D eigenvalue weighted by Gasteiger charge is 2.13. The standard InChI is InChI=1S/C15H10N2O6/c18-15(19)14(11-4-6-12(7-5-11)16(20)21)9-10-2-1-3-13(8-10)17(22)23/h1-9H,(H,18,19)/b14-9+. The fourth-order valence-corrected chi connectivity index (χ4v) is 1.93. The number of carboxylic acids is 1. The third-order valence-corrected chi connectivity index (χ3v) is 3.01. The number of nitrogens with zero attached hydrogens (tertiary/aromatic N) is 2. The van der Waals surface area contributed by atoms with E-state index in [1.54, 1.807) is 0 Å². The number of benzene rings is 2. The Morgan fingerprint density at radius 2 is 1.57 bits per heavy atom. The Bertz CT molecular complexity index is 811. The molecule has 0 aliphatic rings. The molecule has 0 bridgehead atoms. The second kappa shape index (κ2) is 6.48. The summed E-state index contributed by atoms with van der Waals surface area (Å²) in [5, 5.41) is 30.7. The molecule has 8 heteroatoms. The molecule has 23 heavy (non-hydrogen) atoms. The first-order valence-corrected chi connectivity index (χ1v) is 6.33. The van der Waals surface area contributed by atoms with Crippen molar-refractivity contribution in [1.29, 1.82) is 0 Å². The summed E-state index contributed by atoms with van der Waals surface area (Å²) in [6, 6.07) is 10.5. The lowest BCUT2D eigenvalue weighted by atomic mass is 10.0. The third-order valence-electron chi connectivity index (χ3n) is 3.01. The van der Waals surface area contributed by atoms with Crippen molar-refractivity contribution in [3.63, 3.8) is 0 Å². The van der Waals surface area contributed by atoms with Crippen molar-refractivity contribution in [2.75, 3.05) is 0 Å². The summed E-state index contributed by atoms with van der Waals surface area (Å²) in [4.78, 5) is 31.6. The van der Waals surface area contributed by atoms with E-state index in [9.17, 15) is 30.1 Å². The van der Waals surface area contributed by atoms with Gasteiger partial charge in [-0.3, -0.25) is 20.2 Å². The molecule has 0 heterocycles. The second-order valence-corrected chi connectivity index (χ2v) is 4.52. The average Bonchev–Trinajstić information content (AvgIpc) is 2.52. The summed E-state index contributed by atoms with van der Waals surface area (Å²) in [5.74, 6) is -1.25. The molecule has 0 fully saturated rings. The van der Waals surface area contributed by atoms with Gasteiger partial charge in [0.2, 0.25) is 0 Å². The number of nitro benzene ring substituents is 2. The normalized spacial score (nSPS) is 11.0. The molecule has 1 N–H and O–H groups in total. The minimum atomic E-state index is -1.25. The van der Waals surface area contributed by atoms with Crippen molar-refractivity contribution in [3.8, 4) is 0 Å². The van der Waals surface area contributed by atoms with Crippen LogP contribution in [0, 0.1) is 20.2 Å². The van der Waals surface area contributed by atoms with Crippen LogP contribution in [0.2, 0.25) is 0 Å². The third kappa shape index (κ3) is 3.76. The number of carboxylic acid groups (broad SMARTS) is 1. The largest absolute Gasteiger partial charge is 0.478 e. The number of aliphatic carboxylic acids is 1. The van der Waals surface area contributed by atoms with Crippen LogP contribution in [0.25, 0.3) is 11.6 Å². The SMILES string of the molecule is O=C(O)/C(=C/c1cccc([N+](=O)[O-])c1)c1ccc([N+](=O)[O-])cc1. The summed E-state index contributed by atoms with van der Waals surface area (Å²) in [5.41, 5.74) is 0.158. The monoisotopic (exact) mass is 314 g/mol. The quantitative estimate of drug-likeness (QED) is 0.391. The summed E-state index contributed by atoms with van der Waals surface area (Å²) in [6.45, 7) is 0. The molecule has 0 saturated carbocycles. The van der Waals surface area contributed by atoms with Crippen molar-refractivity contribution in [2.45, 2.75) is 0 Å². The predicted molar refractivity (Wildman–Crippen MR) is 81.7 cm³/mol. The van der Waals surface area contributed by atoms with Crippen molar-refractivity contribution in [1.82, 2.24) is 0 Å². The van der Waals surface area contributed by atoms with Crippen LogP contribution in [-0.2, 0) is 4.79 Å². The molecular formula is C15H10N2O6. The highest BCUT2D eigenvalue weighted by atomic mass is 16.6. The van der Waals surface area contributed by atoms with Crippen LogP contribution in [0.1, 0.15) is 11.1 Å². The van der Waals surface area contributed by atoms with E-state index < -0.39 is 15.8 Å². The van der Waals surface area contributed by atoms with Gasteiger partial charge in [0, 0.05) is 24.3 Å². The van der Waals surface area contributed by atoms with Gasteiger partial charge in [-0.25, -0.2) is 4.79 Å². The van der Waals surface area contributed by atoms with Gasteiger partial charge < -0.3 is 5.11 Å². The fourth-order valence-electron chi connectivity index (χ4n) is 1.93. The smallest absolute Gasteiger partial charge is 0.336 e. The Balaban J connectivity index is 2.45. The van der Waals surface area contributed by atoms with Crippen LogP contribution in [-0.4, -0.2) is 20.9 Å². The summed E-state index contributed by atoms with van der Waals surface area (Å²) < 4.78 is 0. The van der Waals surface area contributed by atoms with E-state index in [0.29, 0.717) is 5.56 Å². The fraction of sp³-hybridized carbons (Fsp3) is 0. The van der Waals surface area contributed by atoms with Gasteiger partial charge in [0.1, 0.15) is 0 Å². The highest BCUT2D eigenvalue weighted by Crippen LogP contribution is 2.23. The second-order valence-electron chi connectivity index (χ2n) is 4.52. The first-order chi connectivity index (χ1) is 10.9. The summed E-state index contributed by atoms with van der Waals surface area (Å²) in [6.07, 6.45) is 1.27. The van der Waals surface area contributed by atoms with Crippen LogP contribution >= 0.6 is 0 Å². The first-order valence-electron chi connectivity index (χ1n) is 6.33. The molecule has 0 aliphatic carbocycles. The molecule has 0 saturated heterocycles. The molecule has 0 spiro atoms. The molecule has 2 rings (SSSR count). The van der Waals surface area contributed by atoms with Crippen LogP contribution in [0.3, 0.4) is 0 Å². The van der Waals surface area contributed by atoms with E-state index >= 15 is 0 Å². The topological polar surface area (TPSA) is 124 Å². The van der Waals surface area contributed by atoms with Gasteiger partial charge in [-0.15, -0.1) is 0 Å². The Morgan fingerprint density at radius 3 is 2.09 bits per heavy atom. The molecular weight excluding hydrogens is 304 g/mol. The van der Waals surface area contributed by atoms with Crippen molar-refractivity contribution in [2.24, 2.45) is 0 Å². The van der Waals surface area contributed by atoms with E-state index in [-0.39, 0.29) is 22.5 Å². The zero-order valence-corrected chi connectivity index (χ0v) is 11.6. The molecule has 116 valence electrons. The van der Waals surface area contributed by atoms with Crippen molar-refractivity contribution in [3.05, 3.63) is 79.9 Å². The number of hydrogen-bond donors (Lipinski definition) is 1. The van der Waals surface area contributed by atoms with Crippen LogP contribution in [0.15, 0.2) is 48.5 Å². The molecule has 8 nitrogen and oxygen atoms in total. The maximum Gasteiger partial charge on any atom is 0.336 e. The number of non-ortho nitro benzene ring substituents is 2. The highest BCUT2D eigenvalue weighted by molar-refractivity contribution is 6.20. The van der Waals surface area contributed by atoms with Gasteiger partial charge in [-0.05, 0) is 29.3 Å². The van der Waals surface area contributed by atoms with Crippen molar-refractivity contribution < 1.29 is 19.7 Å². The number of carbonyl (C=O) groups is 1. The molecule has 0 aromatic heterocycles. The average molecular weight is 314 g/mol. The van der Waals surface area contributed by atoms with Crippen LogP contribution in [0.4, 0.5) is 11.4 Å². The number of hydrogen-bond acceptors (Lipinski definition) is 5. The van der Waals surface area contributed by atoms with Crippen LogP contribution in [0.5, 0.6) is 0 Å². The van der Waals surface area contributed by atoms with E-state index in [0.717, 1.165) is 0 Å². The maximum atomic E-state index is 11.4. The van der Waals surface area contributed by atoms with Gasteiger partial charge in [0.15, 0.2) is 0 Å². The molecule has 0 aliphatic heterocycles. The predicted octanol–water partition coefficient (Wildman–Crippen LogP) is 3.13. The Hall–Kier alpha value is -3.55. The van der Waals surface area contributed by atoms with E-state index in [1.807, 2.05) is 0 Å². The first kappa shape index (κ1) is 15.8. The molecule has 0 amide bonds. The molecule has 2 aromatic rings. The maximum absolute atomic E-state index is 11.4. The Kier molecular flexibility index (Phi) is 4.46. The molecule has 2 aromatic carbocycles. The molecule has 0 unspecified atom stereocenters. The lowest BCUT2D eigenvalue weighted by Crippen LogP contribution is -2.00. The lowest BCUT2D eigenvalue weighted by Gasteiger charge is -2.03. The van der Waals surface area contributed by atoms with Crippen molar-refractivity contribution >= 4 is 29.0 Å². The van der Waals surface area contributed by atoms with E-state index in [1.165, 1.54) is 54.6 Å². The number of nitro groups is 2. The minimum absolute atomic E-state index is 0.125. The minimum Gasteiger partial charge on any atom is -0.478 e. The van der Waals surface area contributed by atoms with Gasteiger partial charge >= 0.3 is 5.97 Å². The van der Waals surface area contributed by atoms with Gasteiger partial charge in [0.05, 0.1) is 15.4 Å². The van der Waals surface area contributed by atoms with E-state index in [2.05, 4.69) is 0 Å². The van der Waals surface area contributed by atoms with Gasteiger partial charge in [-0.2, -0.15) is 0 Å². The lowest BCUT2D eigenvalue weighted by molar-refractivity contribution is -0.385. The zero-order valence-electron chi connectivity index (χ0n) is 11.6. The van der Waals surface area contributed by atoms with E-state index in [4.69, 9.17) is 0 Å². The Labute approximate surface area is 129 Å². The zero-order chi connectivity index (χ0) is 17.0. The van der Waals surface area contributed by atoms with Gasteiger partial charge in [0.25, 0.3) is 11.4 Å². The van der Waals surface area contributed by atoms with Crippen LogP contribution < -0.4 is 0 Å². The summed E-state index contributed by atoms with van der Waals surface area (Å²) in [7, 11) is 0.